The predicted octanol–water partition coefficient (Wildman–Crippen LogP) is 3.70. The molecule has 1 N–H and O–H groups in total. The number of ether oxygens (including phenoxy) is 1. The van der Waals surface area contributed by atoms with E-state index in [4.69, 9.17) is 4.74 Å². The monoisotopic (exact) mass is 339 g/mol. The SMILES string of the molecule is COc1ccc(-c2nnsc2C(=O)N[C@@H](C)c2ccccc2)cc1. The van der Waals surface area contributed by atoms with Crippen LogP contribution in [0.1, 0.15) is 28.2 Å². The van der Waals surface area contributed by atoms with Crippen molar-refractivity contribution in [2.75, 3.05) is 7.11 Å². The quantitative estimate of drug-likeness (QED) is 0.770. The van der Waals surface area contributed by atoms with Crippen LogP contribution < -0.4 is 10.1 Å². The minimum Gasteiger partial charge on any atom is -0.497 e. The van der Waals surface area contributed by atoms with Crippen molar-refractivity contribution < 1.29 is 9.53 Å². The molecule has 2 aromatic carbocycles. The third-order valence-electron chi connectivity index (χ3n) is 3.70. The van der Waals surface area contributed by atoms with E-state index in [1.165, 1.54) is 0 Å². The van der Waals surface area contributed by atoms with Crippen LogP contribution in [0.15, 0.2) is 54.6 Å². The summed E-state index contributed by atoms with van der Waals surface area (Å²) in [5.74, 6) is 0.581. The number of rotatable bonds is 5. The van der Waals surface area contributed by atoms with Gasteiger partial charge in [-0.2, -0.15) is 0 Å². The highest BCUT2D eigenvalue weighted by Gasteiger charge is 2.19. The highest BCUT2D eigenvalue weighted by Crippen LogP contribution is 2.26. The maximum Gasteiger partial charge on any atom is 0.265 e. The fourth-order valence-electron chi connectivity index (χ4n) is 2.36. The number of hydrogen-bond donors (Lipinski definition) is 1. The van der Waals surface area contributed by atoms with Gasteiger partial charge in [-0.15, -0.1) is 5.10 Å². The van der Waals surface area contributed by atoms with Gasteiger partial charge < -0.3 is 10.1 Å². The molecule has 0 spiro atoms. The Hall–Kier alpha value is -2.73. The average Bonchev–Trinajstić information content (AvgIpc) is 3.12. The molecular weight excluding hydrogens is 322 g/mol. The van der Waals surface area contributed by atoms with Gasteiger partial charge in [0, 0.05) is 5.56 Å². The zero-order chi connectivity index (χ0) is 16.9. The van der Waals surface area contributed by atoms with E-state index in [0.29, 0.717) is 10.6 Å². The first-order valence-electron chi connectivity index (χ1n) is 7.51. The summed E-state index contributed by atoms with van der Waals surface area (Å²) in [5, 5.41) is 7.11. The second-order valence-corrected chi connectivity index (χ2v) is 6.04. The molecule has 0 aliphatic rings. The molecule has 6 heteroatoms. The molecule has 3 aromatic rings. The maximum atomic E-state index is 12.6. The Kier molecular flexibility index (Phi) is 4.86. The molecule has 122 valence electrons. The van der Waals surface area contributed by atoms with E-state index in [9.17, 15) is 4.79 Å². The third-order valence-corrected chi connectivity index (χ3v) is 4.43. The first-order chi connectivity index (χ1) is 11.7. The lowest BCUT2D eigenvalue weighted by Gasteiger charge is -2.13. The molecule has 24 heavy (non-hydrogen) atoms. The summed E-state index contributed by atoms with van der Waals surface area (Å²) in [7, 11) is 1.61. The van der Waals surface area contributed by atoms with Crippen LogP contribution in [-0.2, 0) is 0 Å². The van der Waals surface area contributed by atoms with Crippen LogP contribution in [-0.4, -0.2) is 22.6 Å². The van der Waals surface area contributed by atoms with E-state index >= 15 is 0 Å². The second-order valence-electron chi connectivity index (χ2n) is 5.29. The van der Waals surface area contributed by atoms with Crippen molar-refractivity contribution in [2.24, 2.45) is 0 Å². The largest absolute Gasteiger partial charge is 0.497 e. The van der Waals surface area contributed by atoms with Crippen molar-refractivity contribution in [2.45, 2.75) is 13.0 Å². The van der Waals surface area contributed by atoms with Gasteiger partial charge in [-0.05, 0) is 48.3 Å². The first kappa shape index (κ1) is 16.1. The Balaban J connectivity index is 1.80. The Labute approximate surface area is 144 Å². The molecule has 1 atom stereocenters. The van der Waals surface area contributed by atoms with Gasteiger partial charge in [0.1, 0.15) is 16.3 Å². The molecular formula is C18H17N3O2S. The molecule has 3 rings (SSSR count). The van der Waals surface area contributed by atoms with E-state index < -0.39 is 0 Å². The Bertz CT molecular complexity index is 816. The van der Waals surface area contributed by atoms with Crippen LogP contribution in [0.4, 0.5) is 0 Å². The number of nitrogens with one attached hydrogen (secondary N) is 1. The van der Waals surface area contributed by atoms with E-state index in [2.05, 4.69) is 14.9 Å². The van der Waals surface area contributed by atoms with Gasteiger partial charge in [0.25, 0.3) is 5.91 Å². The van der Waals surface area contributed by atoms with Gasteiger partial charge in [-0.3, -0.25) is 4.79 Å². The lowest BCUT2D eigenvalue weighted by molar-refractivity contribution is 0.0944. The van der Waals surface area contributed by atoms with Crippen LogP contribution >= 0.6 is 11.5 Å². The summed E-state index contributed by atoms with van der Waals surface area (Å²) in [6.07, 6.45) is 0. The summed E-state index contributed by atoms with van der Waals surface area (Å²) in [6, 6.07) is 17.1. The molecule has 5 nitrogen and oxygen atoms in total. The number of hydrogen-bond acceptors (Lipinski definition) is 5. The average molecular weight is 339 g/mol. The number of amides is 1. The summed E-state index contributed by atoms with van der Waals surface area (Å²) in [5.41, 5.74) is 2.47. The molecule has 1 aromatic heterocycles. The smallest absolute Gasteiger partial charge is 0.265 e. The summed E-state index contributed by atoms with van der Waals surface area (Å²) < 4.78 is 9.09. The number of nitrogens with zero attached hydrogens (tertiary/aromatic N) is 2. The standard InChI is InChI=1S/C18H17N3O2S/c1-12(13-6-4-3-5-7-13)19-18(22)17-16(20-21-24-17)14-8-10-15(23-2)11-9-14/h3-12H,1-2H3,(H,19,22)/t12-/m0/s1. The van der Waals surface area contributed by atoms with Crippen molar-refractivity contribution >= 4 is 17.4 Å². The summed E-state index contributed by atoms with van der Waals surface area (Å²) in [6.45, 7) is 1.95. The van der Waals surface area contributed by atoms with Crippen molar-refractivity contribution in [3.05, 3.63) is 65.0 Å². The number of carbonyl (C=O) groups excluding carboxylic acids is 1. The summed E-state index contributed by atoms with van der Waals surface area (Å²) >= 11 is 1.10. The minimum absolute atomic E-state index is 0.0930. The zero-order valence-corrected chi connectivity index (χ0v) is 14.2. The van der Waals surface area contributed by atoms with Crippen LogP contribution in [0.2, 0.25) is 0 Å². The van der Waals surface area contributed by atoms with Gasteiger partial charge in [0.05, 0.1) is 13.2 Å². The maximum absolute atomic E-state index is 12.6. The third kappa shape index (κ3) is 3.44. The molecule has 0 aliphatic heterocycles. The Morgan fingerprint density at radius 3 is 2.50 bits per heavy atom. The molecule has 1 heterocycles. The minimum atomic E-state index is -0.174. The van der Waals surface area contributed by atoms with E-state index in [1.54, 1.807) is 7.11 Å². The van der Waals surface area contributed by atoms with Crippen molar-refractivity contribution in [1.82, 2.24) is 14.9 Å². The van der Waals surface area contributed by atoms with Crippen molar-refractivity contribution in [1.29, 1.82) is 0 Å². The number of benzene rings is 2. The molecule has 0 bridgehead atoms. The molecule has 0 saturated carbocycles. The Morgan fingerprint density at radius 1 is 1.12 bits per heavy atom. The normalized spacial score (nSPS) is 11.8. The molecule has 0 saturated heterocycles. The molecule has 0 radical (unpaired) electrons. The van der Waals surface area contributed by atoms with Crippen LogP contribution in [0.5, 0.6) is 5.75 Å². The van der Waals surface area contributed by atoms with Gasteiger partial charge in [0.15, 0.2) is 0 Å². The topological polar surface area (TPSA) is 64.1 Å². The zero-order valence-electron chi connectivity index (χ0n) is 13.4. The van der Waals surface area contributed by atoms with Gasteiger partial charge in [-0.25, -0.2) is 0 Å². The second kappa shape index (κ2) is 7.23. The number of methoxy groups -OCH3 is 1. The fourth-order valence-corrected chi connectivity index (χ4v) is 2.96. The van der Waals surface area contributed by atoms with E-state index in [0.717, 1.165) is 28.4 Å². The highest BCUT2D eigenvalue weighted by molar-refractivity contribution is 7.08. The lowest BCUT2D eigenvalue weighted by Crippen LogP contribution is -2.26. The Morgan fingerprint density at radius 2 is 1.83 bits per heavy atom. The van der Waals surface area contributed by atoms with E-state index in [-0.39, 0.29) is 11.9 Å². The first-order valence-corrected chi connectivity index (χ1v) is 8.29. The highest BCUT2D eigenvalue weighted by atomic mass is 32.1. The molecule has 0 unspecified atom stereocenters. The van der Waals surface area contributed by atoms with Crippen LogP contribution in [0.25, 0.3) is 11.3 Å². The predicted molar refractivity (Wildman–Crippen MR) is 94.2 cm³/mol. The number of aromatic nitrogens is 2. The fraction of sp³-hybridized carbons (Fsp3) is 0.167. The van der Waals surface area contributed by atoms with Crippen LogP contribution in [0.3, 0.4) is 0 Å². The molecule has 1 amide bonds. The van der Waals surface area contributed by atoms with Gasteiger partial charge in [-0.1, -0.05) is 34.8 Å². The van der Waals surface area contributed by atoms with Crippen molar-refractivity contribution in [3.8, 4) is 17.0 Å². The molecule has 0 aliphatic carbocycles. The van der Waals surface area contributed by atoms with Crippen LogP contribution in [0, 0.1) is 0 Å². The number of carbonyl (C=O) groups is 1. The molecule has 0 fully saturated rings. The van der Waals surface area contributed by atoms with Crippen molar-refractivity contribution in [3.63, 3.8) is 0 Å². The van der Waals surface area contributed by atoms with Gasteiger partial charge in [0.2, 0.25) is 0 Å². The summed E-state index contributed by atoms with van der Waals surface area (Å²) in [4.78, 5) is 13.1. The lowest BCUT2D eigenvalue weighted by atomic mass is 10.1. The van der Waals surface area contributed by atoms with Gasteiger partial charge >= 0.3 is 0 Å². The van der Waals surface area contributed by atoms with E-state index in [1.807, 2.05) is 61.5 Å².